The predicted octanol–water partition coefficient (Wildman–Crippen LogP) is 5.64. The van der Waals surface area contributed by atoms with Crippen LogP contribution in [-0.2, 0) is 0 Å². The van der Waals surface area contributed by atoms with Crippen LogP contribution in [0.25, 0.3) is 5.69 Å². The Bertz CT molecular complexity index is 1220. The Balaban J connectivity index is 1.79. The number of hydrogen-bond donors (Lipinski definition) is 1. The summed E-state index contributed by atoms with van der Waals surface area (Å²) in [7, 11) is 0. The van der Waals surface area contributed by atoms with Gasteiger partial charge in [-0.3, -0.25) is 14.9 Å². The highest BCUT2D eigenvalue weighted by Crippen LogP contribution is 2.21. The molecule has 0 spiro atoms. The van der Waals surface area contributed by atoms with E-state index in [0.29, 0.717) is 17.1 Å². The maximum atomic E-state index is 13.0. The minimum atomic E-state index is -0.290. The molecular weight excluding hydrogens is 362 g/mol. The summed E-state index contributed by atoms with van der Waals surface area (Å²) in [4.78, 5) is 17.5. The summed E-state index contributed by atoms with van der Waals surface area (Å²) in [6.07, 6.45) is 1.61. The summed E-state index contributed by atoms with van der Waals surface area (Å²) in [6, 6.07) is 26.4. The van der Waals surface area contributed by atoms with Crippen molar-refractivity contribution in [3.05, 3.63) is 107 Å². The summed E-state index contributed by atoms with van der Waals surface area (Å²) in [6.45, 7) is 1.99. The van der Waals surface area contributed by atoms with E-state index in [1.807, 2.05) is 91.9 Å². The first-order valence-electron chi connectivity index (χ1n) is 9.19. The second-order valence-corrected chi connectivity index (χ2v) is 6.43. The van der Waals surface area contributed by atoms with Crippen LogP contribution in [0.3, 0.4) is 0 Å². The first-order valence-corrected chi connectivity index (χ1v) is 9.19. The third kappa shape index (κ3) is 4.11. The number of aryl methyl sites for hydroxylation is 1. The van der Waals surface area contributed by atoms with Gasteiger partial charge in [-0.1, -0.05) is 54.6 Å². The van der Waals surface area contributed by atoms with Gasteiger partial charge in [-0.05, 0) is 42.8 Å². The molecule has 0 saturated carbocycles. The zero-order chi connectivity index (χ0) is 20.1. The predicted molar refractivity (Wildman–Crippen MR) is 115 cm³/mol. The summed E-state index contributed by atoms with van der Waals surface area (Å²) >= 11 is 0. The summed E-state index contributed by atoms with van der Waals surface area (Å²) in [5.41, 5.74) is 3.65. The van der Waals surface area contributed by atoms with Gasteiger partial charge in [-0.15, -0.1) is 5.11 Å². The second-order valence-electron chi connectivity index (χ2n) is 6.43. The van der Waals surface area contributed by atoms with Gasteiger partial charge in [0.2, 0.25) is 0 Å². The first-order chi connectivity index (χ1) is 14.2. The minimum absolute atomic E-state index is 0.204. The third-order valence-electron chi connectivity index (χ3n) is 4.38. The number of azo groups is 1. The first kappa shape index (κ1) is 18.3. The Morgan fingerprint density at radius 2 is 1.48 bits per heavy atom. The van der Waals surface area contributed by atoms with Crippen LogP contribution in [0.4, 0.5) is 17.1 Å². The van der Waals surface area contributed by atoms with E-state index in [1.165, 1.54) is 4.68 Å². The number of benzene rings is 3. The van der Waals surface area contributed by atoms with Crippen molar-refractivity contribution >= 4 is 23.3 Å². The molecule has 0 saturated heterocycles. The van der Waals surface area contributed by atoms with Crippen LogP contribution in [0.5, 0.6) is 0 Å². The maximum absolute atomic E-state index is 13.0. The molecule has 142 valence electrons. The van der Waals surface area contributed by atoms with Crippen molar-refractivity contribution in [2.24, 2.45) is 15.2 Å². The number of aromatic nitrogens is 2. The van der Waals surface area contributed by atoms with Crippen LogP contribution in [-0.4, -0.2) is 16.0 Å². The van der Waals surface area contributed by atoms with Gasteiger partial charge in [0, 0.05) is 0 Å². The molecule has 4 rings (SSSR count). The highest BCUT2D eigenvalue weighted by molar-refractivity contribution is 5.86. The number of nitrogens with zero attached hydrogens (tertiary/aromatic N) is 4. The van der Waals surface area contributed by atoms with Gasteiger partial charge in [0.05, 0.1) is 23.3 Å². The lowest BCUT2D eigenvalue weighted by molar-refractivity contribution is 0.846. The molecule has 1 N–H and O–H groups in total. The van der Waals surface area contributed by atoms with E-state index >= 15 is 0 Å². The molecule has 1 aromatic heterocycles. The average molecular weight is 381 g/mol. The van der Waals surface area contributed by atoms with Crippen LogP contribution < -0.4 is 5.56 Å². The smallest absolute Gasteiger partial charge is 0.287 e. The summed E-state index contributed by atoms with van der Waals surface area (Å²) in [5.74, 6) is 0. The van der Waals surface area contributed by atoms with Gasteiger partial charge in [-0.25, -0.2) is 4.68 Å². The van der Waals surface area contributed by atoms with Gasteiger partial charge < -0.3 is 0 Å². The SMILES string of the molecule is Cc1ccccc1N=Cc1[nH]n(-c2ccccc2)c(=O)c1N=Nc1ccccc1. The molecule has 1 heterocycles. The van der Waals surface area contributed by atoms with Gasteiger partial charge >= 0.3 is 0 Å². The van der Waals surface area contributed by atoms with Crippen LogP contribution in [0.15, 0.2) is 105 Å². The molecule has 0 bridgehead atoms. The Morgan fingerprint density at radius 3 is 2.21 bits per heavy atom. The van der Waals surface area contributed by atoms with E-state index in [2.05, 4.69) is 20.3 Å². The zero-order valence-electron chi connectivity index (χ0n) is 15.9. The molecule has 0 aliphatic heterocycles. The lowest BCUT2D eigenvalue weighted by Gasteiger charge is -2.00. The lowest BCUT2D eigenvalue weighted by atomic mass is 10.2. The van der Waals surface area contributed by atoms with Crippen LogP contribution in [0, 0.1) is 6.92 Å². The highest BCUT2D eigenvalue weighted by atomic mass is 16.1. The number of nitrogens with one attached hydrogen (secondary N) is 1. The van der Waals surface area contributed by atoms with E-state index in [4.69, 9.17) is 0 Å². The highest BCUT2D eigenvalue weighted by Gasteiger charge is 2.14. The van der Waals surface area contributed by atoms with Crippen molar-refractivity contribution in [2.45, 2.75) is 6.92 Å². The van der Waals surface area contributed by atoms with E-state index in [0.717, 1.165) is 11.3 Å². The number of aliphatic imine (C=N–C) groups is 1. The molecule has 6 nitrogen and oxygen atoms in total. The molecule has 3 aromatic carbocycles. The standard InChI is InChI=1S/C23H19N5O/c1-17-10-8-9-15-20(17)24-16-21-22(26-25-18-11-4-2-5-12-18)23(29)28(27-21)19-13-6-3-7-14-19/h2-16,27H,1H3. The van der Waals surface area contributed by atoms with Crippen molar-refractivity contribution < 1.29 is 0 Å². The normalized spacial score (nSPS) is 11.5. The van der Waals surface area contributed by atoms with E-state index in [-0.39, 0.29) is 11.2 Å². The molecule has 0 atom stereocenters. The van der Waals surface area contributed by atoms with Crippen molar-refractivity contribution in [2.75, 3.05) is 0 Å². The van der Waals surface area contributed by atoms with E-state index < -0.39 is 0 Å². The third-order valence-corrected chi connectivity index (χ3v) is 4.38. The molecule has 4 aromatic rings. The van der Waals surface area contributed by atoms with Crippen molar-refractivity contribution in [1.82, 2.24) is 9.78 Å². The molecule has 6 heteroatoms. The van der Waals surface area contributed by atoms with Gasteiger partial charge in [0.25, 0.3) is 5.56 Å². The Hall–Kier alpha value is -4.06. The fraction of sp³-hybridized carbons (Fsp3) is 0.0435. The van der Waals surface area contributed by atoms with Crippen molar-refractivity contribution in [3.8, 4) is 5.69 Å². The largest absolute Gasteiger partial charge is 0.299 e. The molecule has 0 fully saturated rings. The van der Waals surface area contributed by atoms with E-state index in [9.17, 15) is 4.79 Å². The van der Waals surface area contributed by atoms with Gasteiger partial charge in [-0.2, -0.15) is 5.11 Å². The fourth-order valence-electron chi connectivity index (χ4n) is 2.84. The Labute approximate surface area is 167 Å². The molecule has 0 unspecified atom stereocenters. The summed E-state index contributed by atoms with van der Waals surface area (Å²) < 4.78 is 1.44. The minimum Gasteiger partial charge on any atom is -0.287 e. The molecule has 0 amide bonds. The van der Waals surface area contributed by atoms with Crippen molar-refractivity contribution in [1.29, 1.82) is 0 Å². The topological polar surface area (TPSA) is 74.9 Å². The number of H-pyrrole nitrogens is 1. The Morgan fingerprint density at radius 1 is 0.828 bits per heavy atom. The number of hydrogen-bond acceptors (Lipinski definition) is 4. The quantitative estimate of drug-likeness (QED) is 0.352. The molecule has 0 aliphatic carbocycles. The molecule has 0 aliphatic rings. The maximum Gasteiger partial charge on any atom is 0.299 e. The molecule has 0 radical (unpaired) electrons. The average Bonchev–Trinajstić information content (AvgIpc) is 3.08. The second kappa shape index (κ2) is 8.31. The van der Waals surface area contributed by atoms with Crippen molar-refractivity contribution in [3.63, 3.8) is 0 Å². The van der Waals surface area contributed by atoms with E-state index in [1.54, 1.807) is 6.21 Å². The zero-order valence-corrected chi connectivity index (χ0v) is 15.9. The number of rotatable bonds is 5. The monoisotopic (exact) mass is 381 g/mol. The summed E-state index contributed by atoms with van der Waals surface area (Å²) in [5, 5.41) is 11.5. The van der Waals surface area contributed by atoms with Crippen LogP contribution >= 0.6 is 0 Å². The fourth-order valence-corrected chi connectivity index (χ4v) is 2.84. The molecular formula is C23H19N5O. The Kier molecular flexibility index (Phi) is 5.25. The van der Waals surface area contributed by atoms with Gasteiger partial charge in [0.1, 0.15) is 5.69 Å². The van der Waals surface area contributed by atoms with Gasteiger partial charge in [0.15, 0.2) is 5.69 Å². The molecule has 29 heavy (non-hydrogen) atoms. The lowest BCUT2D eigenvalue weighted by Crippen LogP contribution is -2.13. The van der Waals surface area contributed by atoms with Crippen LogP contribution in [0.2, 0.25) is 0 Å². The van der Waals surface area contributed by atoms with Crippen LogP contribution in [0.1, 0.15) is 11.3 Å². The number of para-hydroxylation sites is 2. The number of aromatic amines is 1.